The van der Waals surface area contributed by atoms with Crippen LogP contribution in [0.1, 0.15) is 13.3 Å². The van der Waals surface area contributed by atoms with Crippen molar-refractivity contribution in [1.82, 2.24) is 25.1 Å². The molecule has 0 aliphatic rings. The van der Waals surface area contributed by atoms with Crippen LogP contribution in [-0.4, -0.2) is 55.2 Å². The van der Waals surface area contributed by atoms with E-state index in [0.29, 0.717) is 12.4 Å². The zero-order valence-corrected chi connectivity index (χ0v) is 12.3. The predicted octanol–water partition coefficient (Wildman–Crippen LogP) is 0.725. The fourth-order valence-corrected chi connectivity index (χ4v) is 2.37. The van der Waals surface area contributed by atoms with E-state index in [-0.39, 0.29) is 25.4 Å². The number of hydrogen-bond acceptors (Lipinski definition) is 6. The Labute approximate surface area is 125 Å². The highest BCUT2D eigenvalue weighted by molar-refractivity contribution is 7.13. The highest BCUT2D eigenvalue weighted by atomic mass is 32.1. The first-order chi connectivity index (χ1) is 10.1. The summed E-state index contributed by atoms with van der Waals surface area (Å²) >= 11 is 1.49. The summed E-state index contributed by atoms with van der Waals surface area (Å²) < 4.78 is 0. The van der Waals surface area contributed by atoms with Crippen LogP contribution in [0.15, 0.2) is 17.5 Å². The molecule has 0 aliphatic heterocycles. The summed E-state index contributed by atoms with van der Waals surface area (Å²) in [6, 6.07) is 3.76. The molecular weight excluding hydrogens is 294 g/mol. The van der Waals surface area contributed by atoms with Crippen LogP contribution in [0.2, 0.25) is 0 Å². The van der Waals surface area contributed by atoms with E-state index in [1.54, 1.807) is 6.92 Å². The molecule has 0 atom stereocenters. The first-order valence-corrected chi connectivity index (χ1v) is 7.29. The van der Waals surface area contributed by atoms with Crippen LogP contribution >= 0.6 is 11.3 Å². The molecule has 21 heavy (non-hydrogen) atoms. The molecule has 1 amide bonds. The Hall–Kier alpha value is -2.29. The Morgan fingerprint density at radius 2 is 2.29 bits per heavy atom. The van der Waals surface area contributed by atoms with Crippen molar-refractivity contribution >= 4 is 23.2 Å². The quantitative estimate of drug-likeness (QED) is 0.809. The van der Waals surface area contributed by atoms with E-state index in [0.717, 1.165) is 4.88 Å². The number of aromatic nitrogens is 4. The van der Waals surface area contributed by atoms with Crippen LogP contribution in [0.5, 0.6) is 0 Å². The highest BCUT2D eigenvalue weighted by Crippen LogP contribution is 2.19. The zero-order valence-electron chi connectivity index (χ0n) is 11.5. The summed E-state index contributed by atoms with van der Waals surface area (Å²) in [5.74, 6) is -0.680. The number of hydrogen-bond donors (Lipinski definition) is 1. The lowest BCUT2D eigenvalue weighted by molar-refractivity contribution is -0.138. The molecule has 2 aromatic heterocycles. The van der Waals surface area contributed by atoms with Crippen molar-refractivity contribution in [2.45, 2.75) is 19.9 Å². The summed E-state index contributed by atoms with van der Waals surface area (Å²) in [6.45, 7) is 2.37. The number of aliphatic carboxylic acids is 1. The van der Waals surface area contributed by atoms with Gasteiger partial charge < -0.3 is 10.0 Å². The van der Waals surface area contributed by atoms with Gasteiger partial charge in [0.05, 0.1) is 11.3 Å². The zero-order chi connectivity index (χ0) is 15.2. The van der Waals surface area contributed by atoms with Crippen molar-refractivity contribution in [3.05, 3.63) is 17.5 Å². The standard InChI is InChI=1S/C12H15N5O3S/c1-2-16(6-5-11(19)20)10(18)8-17-14-12(13-15-17)9-4-3-7-21-9/h3-4,7H,2,5-6,8H2,1H3,(H,19,20). The average Bonchev–Trinajstić information content (AvgIpc) is 3.09. The molecule has 1 N–H and O–H groups in total. The SMILES string of the molecule is CCN(CCC(=O)O)C(=O)Cn1nnc(-c2cccs2)n1. The Balaban J connectivity index is 1.97. The number of carboxylic acid groups (broad SMARTS) is 1. The minimum Gasteiger partial charge on any atom is -0.481 e. The second-order valence-electron chi connectivity index (χ2n) is 4.24. The van der Waals surface area contributed by atoms with E-state index >= 15 is 0 Å². The third kappa shape index (κ3) is 4.09. The highest BCUT2D eigenvalue weighted by Gasteiger charge is 2.15. The van der Waals surface area contributed by atoms with Gasteiger partial charge in [0.2, 0.25) is 11.7 Å². The van der Waals surface area contributed by atoms with Crippen LogP contribution in [0, 0.1) is 0 Å². The number of tetrazole rings is 1. The second-order valence-corrected chi connectivity index (χ2v) is 5.19. The molecule has 0 aromatic carbocycles. The molecule has 0 saturated carbocycles. The monoisotopic (exact) mass is 309 g/mol. The number of rotatable bonds is 7. The van der Waals surface area contributed by atoms with Gasteiger partial charge in [-0.05, 0) is 23.6 Å². The van der Waals surface area contributed by atoms with Crippen molar-refractivity contribution in [2.75, 3.05) is 13.1 Å². The Morgan fingerprint density at radius 1 is 1.48 bits per heavy atom. The van der Waals surface area contributed by atoms with Gasteiger partial charge in [-0.15, -0.1) is 21.5 Å². The molecule has 2 aromatic rings. The van der Waals surface area contributed by atoms with Crippen LogP contribution in [-0.2, 0) is 16.1 Å². The summed E-state index contributed by atoms with van der Waals surface area (Å²) in [5.41, 5.74) is 0. The third-order valence-corrected chi connectivity index (χ3v) is 3.67. The molecule has 8 nitrogen and oxygen atoms in total. The first kappa shape index (κ1) is 15.1. The number of amides is 1. The number of carbonyl (C=O) groups is 2. The van der Waals surface area contributed by atoms with Gasteiger partial charge in [-0.1, -0.05) is 6.07 Å². The maximum atomic E-state index is 12.1. The fourth-order valence-electron chi connectivity index (χ4n) is 1.73. The van der Waals surface area contributed by atoms with Crippen LogP contribution in [0.3, 0.4) is 0 Å². The van der Waals surface area contributed by atoms with Crippen molar-refractivity contribution in [3.63, 3.8) is 0 Å². The topological polar surface area (TPSA) is 101 Å². The second kappa shape index (κ2) is 6.93. The van der Waals surface area contributed by atoms with Gasteiger partial charge >= 0.3 is 5.97 Å². The minimum absolute atomic E-state index is 0.0498. The number of nitrogens with zero attached hydrogens (tertiary/aromatic N) is 5. The minimum atomic E-state index is -0.930. The summed E-state index contributed by atoms with van der Waals surface area (Å²) in [5, 5.41) is 22.5. The molecular formula is C12H15N5O3S. The van der Waals surface area contributed by atoms with Crippen LogP contribution < -0.4 is 0 Å². The van der Waals surface area contributed by atoms with E-state index in [9.17, 15) is 9.59 Å². The molecule has 0 spiro atoms. The van der Waals surface area contributed by atoms with E-state index in [2.05, 4.69) is 15.4 Å². The lowest BCUT2D eigenvalue weighted by Crippen LogP contribution is -2.35. The van der Waals surface area contributed by atoms with Gasteiger partial charge in [-0.3, -0.25) is 9.59 Å². The maximum absolute atomic E-state index is 12.1. The first-order valence-electron chi connectivity index (χ1n) is 6.41. The van der Waals surface area contributed by atoms with E-state index in [4.69, 9.17) is 5.11 Å². The van der Waals surface area contributed by atoms with Crippen LogP contribution in [0.25, 0.3) is 10.7 Å². The Bertz CT molecular complexity index is 610. The molecule has 0 bridgehead atoms. The van der Waals surface area contributed by atoms with Crippen molar-refractivity contribution in [1.29, 1.82) is 0 Å². The van der Waals surface area contributed by atoms with Gasteiger partial charge in [0.25, 0.3) is 0 Å². The van der Waals surface area contributed by atoms with Gasteiger partial charge in [0.1, 0.15) is 6.54 Å². The molecule has 0 aliphatic carbocycles. The van der Waals surface area contributed by atoms with Crippen molar-refractivity contribution < 1.29 is 14.7 Å². The largest absolute Gasteiger partial charge is 0.481 e. The lowest BCUT2D eigenvalue weighted by atomic mass is 10.3. The number of likely N-dealkylation sites (N-methyl/N-ethyl adjacent to an activating group) is 1. The number of carbonyl (C=O) groups excluding carboxylic acids is 1. The number of thiophene rings is 1. The smallest absolute Gasteiger partial charge is 0.305 e. The molecule has 2 heterocycles. The summed E-state index contributed by atoms with van der Waals surface area (Å²) in [6.07, 6.45) is -0.0786. The molecule has 9 heteroatoms. The molecule has 0 saturated heterocycles. The van der Waals surface area contributed by atoms with E-state index in [1.807, 2.05) is 17.5 Å². The van der Waals surface area contributed by atoms with Crippen LogP contribution in [0.4, 0.5) is 0 Å². The molecule has 2 rings (SSSR count). The van der Waals surface area contributed by atoms with E-state index < -0.39 is 5.97 Å². The average molecular weight is 309 g/mol. The fraction of sp³-hybridized carbons (Fsp3) is 0.417. The van der Waals surface area contributed by atoms with Crippen molar-refractivity contribution in [3.8, 4) is 10.7 Å². The Kier molecular flexibility index (Phi) is 4.99. The van der Waals surface area contributed by atoms with Crippen molar-refractivity contribution in [2.24, 2.45) is 0 Å². The third-order valence-electron chi connectivity index (χ3n) is 2.80. The lowest BCUT2D eigenvalue weighted by Gasteiger charge is -2.19. The maximum Gasteiger partial charge on any atom is 0.305 e. The van der Waals surface area contributed by atoms with Gasteiger partial charge in [0, 0.05) is 13.1 Å². The Morgan fingerprint density at radius 3 is 2.90 bits per heavy atom. The molecule has 0 radical (unpaired) electrons. The summed E-state index contributed by atoms with van der Waals surface area (Å²) in [7, 11) is 0. The molecule has 0 fully saturated rings. The van der Waals surface area contributed by atoms with E-state index in [1.165, 1.54) is 21.0 Å². The molecule has 0 unspecified atom stereocenters. The van der Waals surface area contributed by atoms with Gasteiger partial charge in [0.15, 0.2) is 0 Å². The predicted molar refractivity (Wildman–Crippen MR) is 75.6 cm³/mol. The van der Waals surface area contributed by atoms with Gasteiger partial charge in [-0.25, -0.2) is 0 Å². The normalized spacial score (nSPS) is 10.5. The summed E-state index contributed by atoms with van der Waals surface area (Å²) in [4.78, 5) is 26.2. The van der Waals surface area contributed by atoms with Gasteiger partial charge in [-0.2, -0.15) is 4.80 Å². The number of carboxylic acids is 1. The molecule has 112 valence electrons.